The van der Waals surface area contributed by atoms with Crippen LogP contribution in [-0.4, -0.2) is 6.17 Å². The zero-order chi connectivity index (χ0) is 8.10. The van der Waals surface area contributed by atoms with Crippen molar-refractivity contribution in [2.24, 2.45) is 0 Å². The maximum atomic E-state index is 12.6. The van der Waals surface area contributed by atoms with Crippen LogP contribution < -0.4 is 0 Å². The van der Waals surface area contributed by atoms with E-state index < -0.39 is 6.17 Å². The molecule has 0 fully saturated rings. The zero-order valence-electron chi connectivity index (χ0n) is 6.13. The molecule has 0 saturated carbocycles. The number of halogens is 1. The van der Waals surface area contributed by atoms with Gasteiger partial charge in [-0.25, -0.2) is 4.39 Å². The van der Waals surface area contributed by atoms with Crippen LogP contribution >= 0.6 is 0 Å². The topological polar surface area (TPSA) is 0 Å². The van der Waals surface area contributed by atoms with Crippen LogP contribution in [0.1, 0.15) is 5.56 Å². The van der Waals surface area contributed by atoms with E-state index in [2.05, 4.69) is 0 Å². The molecule has 1 aromatic carbocycles. The Kier molecular flexibility index (Phi) is 2.68. The fraction of sp³-hybridized carbons (Fsp3) is 0.200. The maximum Gasteiger partial charge on any atom is 0.164 e. The quantitative estimate of drug-likeness (QED) is 0.564. The maximum absolute atomic E-state index is 12.6. The molecule has 11 heavy (non-hydrogen) atoms. The lowest BCUT2D eigenvalue weighted by atomic mass is 10.1. The molecule has 0 N–H and O–H groups in total. The van der Waals surface area contributed by atoms with Crippen LogP contribution in [0.4, 0.5) is 4.39 Å². The summed E-state index contributed by atoms with van der Waals surface area (Å²) >= 11 is 0. The molecule has 0 nitrogen and oxygen atoms in total. The summed E-state index contributed by atoms with van der Waals surface area (Å²) in [5, 5.41) is 0. The summed E-state index contributed by atoms with van der Waals surface area (Å²) in [5.41, 5.74) is 0.943. The molecule has 0 radical (unpaired) electrons. The van der Waals surface area contributed by atoms with Crippen LogP contribution in [-0.2, 0) is 6.42 Å². The molecule has 0 spiro atoms. The van der Waals surface area contributed by atoms with E-state index in [-0.39, 0.29) is 0 Å². The van der Waals surface area contributed by atoms with Gasteiger partial charge >= 0.3 is 0 Å². The summed E-state index contributed by atoms with van der Waals surface area (Å²) in [6.45, 7) is 0. The second kappa shape index (κ2) is 3.78. The first-order valence-corrected chi connectivity index (χ1v) is 3.47. The SMILES string of the molecule is C#CC(F)Cc1ccccc1. The third-order valence-electron chi connectivity index (χ3n) is 1.44. The zero-order valence-corrected chi connectivity index (χ0v) is 6.13. The predicted molar refractivity (Wildman–Crippen MR) is 43.9 cm³/mol. The smallest absolute Gasteiger partial charge is 0.164 e. The number of rotatable bonds is 2. The minimum Gasteiger partial charge on any atom is -0.233 e. The van der Waals surface area contributed by atoms with Gasteiger partial charge in [0, 0.05) is 6.42 Å². The van der Waals surface area contributed by atoms with Crippen molar-refractivity contribution in [2.75, 3.05) is 0 Å². The highest BCUT2D eigenvalue weighted by Gasteiger charge is 2.01. The summed E-state index contributed by atoms with van der Waals surface area (Å²) in [7, 11) is 0. The number of benzene rings is 1. The molecule has 1 aromatic rings. The molecule has 0 aliphatic heterocycles. The van der Waals surface area contributed by atoms with Gasteiger partial charge < -0.3 is 0 Å². The Balaban J connectivity index is 2.60. The molecular weight excluding hydrogens is 139 g/mol. The van der Waals surface area contributed by atoms with Gasteiger partial charge in [-0.2, -0.15) is 0 Å². The van der Waals surface area contributed by atoms with Gasteiger partial charge in [0.25, 0.3) is 0 Å². The van der Waals surface area contributed by atoms with E-state index in [1.165, 1.54) is 0 Å². The molecule has 1 rings (SSSR count). The number of hydrogen-bond acceptors (Lipinski definition) is 0. The van der Waals surface area contributed by atoms with Crippen LogP contribution in [0.2, 0.25) is 0 Å². The Labute approximate surface area is 66.1 Å². The average Bonchev–Trinajstić information content (AvgIpc) is 2.06. The van der Waals surface area contributed by atoms with Crippen LogP contribution in [0.25, 0.3) is 0 Å². The third-order valence-corrected chi connectivity index (χ3v) is 1.44. The van der Waals surface area contributed by atoms with Crippen molar-refractivity contribution in [1.82, 2.24) is 0 Å². The lowest BCUT2D eigenvalue weighted by molar-refractivity contribution is 0.411. The lowest BCUT2D eigenvalue weighted by Gasteiger charge is -1.99. The summed E-state index contributed by atoms with van der Waals surface area (Å²) in [4.78, 5) is 0. The van der Waals surface area contributed by atoms with Gasteiger partial charge in [0.2, 0.25) is 0 Å². The Morgan fingerprint density at radius 1 is 1.36 bits per heavy atom. The number of alkyl halides is 1. The van der Waals surface area contributed by atoms with Gasteiger partial charge in [-0.1, -0.05) is 36.3 Å². The van der Waals surface area contributed by atoms with Gasteiger partial charge in [0.1, 0.15) is 0 Å². The van der Waals surface area contributed by atoms with E-state index in [0.29, 0.717) is 6.42 Å². The molecule has 1 atom stereocenters. The Morgan fingerprint density at radius 3 is 2.55 bits per heavy atom. The van der Waals surface area contributed by atoms with E-state index in [1.807, 2.05) is 36.3 Å². The molecule has 0 amide bonds. The van der Waals surface area contributed by atoms with Crippen molar-refractivity contribution in [3.63, 3.8) is 0 Å². The second-order valence-corrected chi connectivity index (χ2v) is 2.32. The van der Waals surface area contributed by atoms with E-state index in [4.69, 9.17) is 6.42 Å². The largest absolute Gasteiger partial charge is 0.233 e. The highest BCUT2D eigenvalue weighted by molar-refractivity contribution is 5.17. The fourth-order valence-corrected chi connectivity index (χ4v) is 0.880. The first-order chi connectivity index (χ1) is 5.33. The van der Waals surface area contributed by atoms with Crippen molar-refractivity contribution in [3.05, 3.63) is 35.9 Å². The molecule has 1 unspecified atom stereocenters. The van der Waals surface area contributed by atoms with E-state index >= 15 is 0 Å². The minimum atomic E-state index is -1.16. The first-order valence-electron chi connectivity index (χ1n) is 3.47. The summed E-state index contributed by atoms with van der Waals surface area (Å²) in [6.07, 6.45) is 4.06. The van der Waals surface area contributed by atoms with Gasteiger partial charge in [-0.15, -0.1) is 6.42 Å². The van der Waals surface area contributed by atoms with Crippen LogP contribution in [0.5, 0.6) is 0 Å². The fourth-order valence-electron chi connectivity index (χ4n) is 0.880. The van der Waals surface area contributed by atoms with Crippen LogP contribution in [0.3, 0.4) is 0 Å². The van der Waals surface area contributed by atoms with Crippen LogP contribution in [0, 0.1) is 12.3 Å². The monoisotopic (exact) mass is 148 g/mol. The van der Waals surface area contributed by atoms with Crippen LogP contribution in [0.15, 0.2) is 30.3 Å². The Hall–Kier alpha value is -1.29. The highest BCUT2D eigenvalue weighted by Crippen LogP contribution is 2.04. The van der Waals surface area contributed by atoms with Gasteiger partial charge in [-0.05, 0) is 5.56 Å². The van der Waals surface area contributed by atoms with E-state index in [1.54, 1.807) is 0 Å². The van der Waals surface area contributed by atoms with Gasteiger partial charge in [0.15, 0.2) is 6.17 Å². The first kappa shape index (κ1) is 7.81. The molecule has 0 heterocycles. The van der Waals surface area contributed by atoms with Crippen molar-refractivity contribution >= 4 is 0 Å². The van der Waals surface area contributed by atoms with E-state index in [0.717, 1.165) is 5.56 Å². The van der Waals surface area contributed by atoms with Gasteiger partial charge in [0.05, 0.1) is 0 Å². The second-order valence-electron chi connectivity index (χ2n) is 2.32. The summed E-state index contributed by atoms with van der Waals surface area (Å²) in [6, 6.07) is 9.37. The van der Waals surface area contributed by atoms with Crippen molar-refractivity contribution in [3.8, 4) is 12.3 Å². The summed E-state index contributed by atoms with van der Waals surface area (Å²) in [5.74, 6) is 2.05. The molecule has 0 bridgehead atoms. The number of hydrogen-bond donors (Lipinski definition) is 0. The predicted octanol–water partition coefficient (Wildman–Crippen LogP) is 2.20. The lowest BCUT2D eigenvalue weighted by Crippen LogP contribution is -1.99. The van der Waals surface area contributed by atoms with Gasteiger partial charge in [-0.3, -0.25) is 0 Å². The standard InChI is InChI=1S/C10H9F/c1-2-10(11)8-9-6-4-3-5-7-9/h1,3-7,10H,8H2. The molecule has 1 heteroatoms. The molecule has 0 aliphatic carbocycles. The third kappa shape index (κ3) is 2.43. The van der Waals surface area contributed by atoms with E-state index in [9.17, 15) is 4.39 Å². The molecule has 0 saturated heterocycles. The molecule has 0 aromatic heterocycles. The molecule has 0 aliphatic rings. The average molecular weight is 148 g/mol. The highest BCUT2D eigenvalue weighted by atomic mass is 19.1. The summed E-state index contributed by atoms with van der Waals surface area (Å²) < 4.78 is 12.6. The Bertz CT molecular complexity index is 245. The van der Waals surface area contributed by atoms with Crippen molar-refractivity contribution in [1.29, 1.82) is 0 Å². The normalized spacial score (nSPS) is 12.0. The molecule has 56 valence electrons. The molecular formula is C10H9F. The minimum absolute atomic E-state index is 0.317. The Morgan fingerprint density at radius 2 is 2.00 bits per heavy atom. The number of terminal acetylenes is 1. The van der Waals surface area contributed by atoms with Crippen molar-refractivity contribution in [2.45, 2.75) is 12.6 Å². The van der Waals surface area contributed by atoms with Crippen molar-refractivity contribution < 1.29 is 4.39 Å².